The summed E-state index contributed by atoms with van der Waals surface area (Å²) in [6.07, 6.45) is 4.32. The zero-order valence-corrected chi connectivity index (χ0v) is 17.8. The van der Waals surface area contributed by atoms with Crippen LogP contribution in [0.15, 0.2) is 98.1 Å². The smallest absolute Gasteiger partial charge is 0.164 e. The lowest BCUT2D eigenvalue weighted by Gasteiger charge is -2.37. The second kappa shape index (κ2) is 8.76. The molecule has 29 heavy (non-hydrogen) atoms. The number of fused-ring (bicyclic) bond motifs is 1. The second-order valence-corrected chi connectivity index (χ2v) is 11.1. The summed E-state index contributed by atoms with van der Waals surface area (Å²) in [5, 5.41) is 1.38. The third kappa shape index (κ3) is 4.18. The van der Waals surface area contributed by atoms with Gasteiger partial charge in [0, 0.05) is 24.3 Å². The minimum Gasteiger partial charge on any atom is -0.322 e. The van der Waals surface area contributed by atoms with E-state index in [0.29, 0.717) is 17.9 Å². The van der Waals surface area contributed by atoms with Gasteiger partial charge in [-0.3, -0.25) is 4.79 Å². The lowest BCUT2D eigenvalue weighted by Crippen LogP contribution is -2.28. The molecule has 0 radical (unpaired) electrons. The number of rotatable bonds is 9. The molecular weight excluding hydrogens is 375 g/mol. The van der Waals surface area contributed by atoms with Crippen LogP contribution < -0.4 is 0 Å². The third-order valence-electron chi connectivity index (χ3n) is 5.72. The molecule has 0 aliphatic heterocycles. The van der Waals surface area contributed by atoms with E-state index in [2.05, 4.69) is 25.3 Å². The summed E-state index contributed by atoms with van der Waals surface area (Å²) in [6, 6.07) is 23.5. The van der Waals surface area contributed by atoms with Crippen molar-refractivity contribution in [2.45, 2.75) is 18.5 Å². The van der Waals surface area contributed by atoms with E-state index in [4.69, 9.17) is 0 Å². The third-order valence-corrected chi connectivity index (χ3v) is 9.63. The van der Waals surface area contributed by atoms with Crippen LogP contribution in [0.2, 0.25) is 0 Å². The van der Waals surface area contributed by atoms with Crippen molar-refractivity contribution in [2.24, 2.45) is 0 Å². The minimum atomic E-state index is -2.87. The van der Waals surface area contributed by atoms with Crippen LogP contribution in [0.25, 0.3) is 10.8 Å². The first-order valence-corrected chi connectivity index (χ1v) is 11.9. The van der Waals surface area contributed by atoms with Crippen LogP contribution in [0.1, 0.15) is 29.3 Å². The Morgan fingerprint density at radius 3 is 2.10 bits per heavy atom. The predicted molar refractivity (Wildman–Crippen MR) is 124 cm³/mol. The lowest BCUT2D eigenvalue weighted by molar-refractivity contribution is 0.0968. The predicted octanol–water partition coefficient (Wildman–Crippen LogP) is 7.06. The zero-order valence-electron chi connectivity index (χ0n) is 16.9. The monoisotopic (exact) mass is 402 g/mol. The number of ketones is 1. The summed E-state index contributed by atoms with van der Waals surface area (Å²) in [7, 11) is -2.87. The van der Waals surface area contributed by atoms with E-state index in [1.807, 2.05) is 67.6 Å². The summed E-state index contributed by atoms with van der Waals surface area (Å²) in [4.78, 5) is 13.2. The Hall–Kier alpha value is -2.70. The fourth-order valence-corrected chi connectivity index (χ4v) is 6.77. The normalized spacial score (nSPS) is 13.6. The number of hydrogen-bond acceptors (Lipinski definition) is 2. The molecule has 3 aromatic rings. The number of carbonyl (C=O) groups excluding carboxylic acids is 1. The number of allylic oxidation sites excluding steroid dienone is 2. The van der Waals surface area contributed by atoms with Crippen molar-refractivity contribution in [1.82, 2.24) is 0 Å². The van der Waals surface area contributed by atoms with E-state index in [0.717, 1.165) is 16.3 Å². The van der Waals surface area contributed by atoms with Crippen molar-refractivity contribution in [1.29, 1.82) is 0 Å². The first-order chi connectivity index (χ1) is 13.9. The molecule has 0 aliphatic carbocycles. The highest BCUT2D eigenvalue weighted by Crippen LogP contribution is 2.65. The number of benzene rings is 3. The molecular formula is C26H27O2P. The van der Waals surface area contributed by atoms with Crippen LogP contribution in [-0.4, -0.2) is 18.1 Å². The minimum absolute atomic E-state index is 0.00499. The Balaban J connectivity index is 2.16. The molecule has 0 spiro atoms. The molecule has 3 heteroatoms. The van der Waals surface area contributed by atoms with E-state index < -0.39 is 12.3 Å². The van der Waals surface area contributed by atoms with Crippen LogP contribution in [0, 0.1) is 0 Å². The highest BCUT2D eigenvalue weighted by atomic mass is 31.2. The van der Waals surface area contributed by atoms with Crippen molar-refractivity contribution >= 4 is 23.7 Å². The Morgan fingerprint density at radius 1 is 0.897 bits per heavy atom. The number of hydrogen-bond donors (Lipinski definition) is 0. The average Bonchev–Trinajstić information content (AvgIpc) is 2.74. The Kier molecular flexibility index (Phi) is 6.35. The molecule has 0 bridgehead atoms. The van der Waals surface area contributed by atoms with E-state index in [-0.39, 0.29) is 12.2 Å². The van der Waals surface area contributed by atoms with Crippen molar-refractivity contribution in [2.75, 3.05) is 12.3 Å². The maximum absolute atomic E-state index is 14.2. The first-order valence-electron chi connectivity index (χ1n) is 9.81. The van der Waals surface area contributed by atoms with Gasteiger partial charge in [0.2, 0.25) is 0 Å². The van der Waals surface area contributed by atoms with E-state index in [1.54, 1.807) is 12.2 Å². The van der Waals surface area contributed by atoms with Crippen molar-refractivity contribution in [3.63, 3.8) is 0 Å². The highest BCUT2D eigenvalue weighted by Gasteiger charge is 2.45. The zero-order chi connectivity index (χ0) is 20.9. The molecule has 0 amide bonds. The van der Waals surface area contributed by atoms with Gasteiger partial charge in [-0.2, -0.15) is 0 Å². The fourth-order valence-electron chi connectivity index (χ4n) is 3.94. The summed E-state index contributed by atoms with van der Waals surface area (Å²) >= 11 is 0. The van der Waals surface area contributed by atoms with Crippen LogP contribution in [0.5, 0.6) is 0 Å². The summed E-state index contributed by atoms with van der Waals surface area (Å²) in [5.74, 6) is -0.00499. The molecule has 148 valence electrons. The maximum Gasteiger partial charge on any atom is 0.164 e. The molecule has 0 fully saturated rings. The van der Waals surface area contributed by atoms with Gasteiger partial charge in [0.15, 0.2) is 5.78 Å². The average molecular weight is 402 g/mol. The van der Waals surface area contributed by atoms with E-state index in [1.165, 1.54) is 0 Å². The van der Waals surface area contributed by atoms with E-state index >= 15 is 0 Å². The van der Waals surface area contributed by atoms with Crippen LogP contribution in [0.4, 0.5) is 0 Å². The van der Waals surface area contributed by atoms with Gasteiger partial charge in [-0.15, -0.1) is 13.2 Å². The van der Waals surface area contributed by atoms with Gasteiger partial charge in [-0.05, 0) is 23.3 Å². The van der Waals surface area contributed by atoms with Gasteiger partial charge in [-0.1, -0.05) is 84.9 Å². The lowest BCUT2D eigenvalue weighted by atomic mass is 9.90. The molecule has 1 atom stereocenters. The first kappa shape index (κ1) is 21.0. The fraction of sp³-hybridized carbons (Fsp3) is 0.192. The molecule has 0 saturated carbocycles. The standard InChI is InChI=1S/C26H27O2P/c1-4-17-29(28,18-5-2)26(3,20-25(27)22-12-7-6-8-13-22)24-16-15-21-11-9-10-14-23(21)19-24/h4-16,19H,1-2,17-18,20H2,3H3/t26-/m1/s1. The van der Waals surface area contributed by atoms with Gasteiger partial charge in [-0.25, -0.2) is 0 Å². The topological polar surface area (TPSA) is 34.1 Å². The highest BCUT2D eigenvalue weighted by molar-refractivity contribution is 7.65. The largest absolute Gasteiger partial charge is 0.322 e. The maximum atomic E-state index is 14.2. The van der Waals surface area contributed by atoms with Crippen LogP contribution >= 0.6 is 7.14 Å². The van der Waals surface area contributed by atoms with Crippen molar-refractivity contribution < 1.29 is 9.36 Å². The summed E-state index contributed by atoms with van der Waals surface area (Å²) in [5.41, 5.74) is 1.57. The molecule has 0 saturated heterocycles. The molecule has 0 aromatic heterocycles. The molecule has 3 aromatic carbocycles. The Bertz CT molecular complexity index is 1070. The van der Waals surface area contributed by atoms with Gasteiger partial charge in [0.1, 0.15) is 7.14 Å². The molecule has 3 rings (SSSR count). The summed E-state index contributed by atoms with van der Waals surface area (Å²) < 4.78 is 14.2. The van der Waals surface area contributed by atoms with E-state index in [9.17, 15) is 9.36 Å². The number of Topliss-reactive ketones (excluding diaryl/α,β-unsaturated/α-hetero) is 1. The SMILES string of the molecule is C=CCP(=O)(CC=C)[C@](C)(CC(=O)c1ccccc1)c1ccc2ccccc2c1. The Labute approximate surface area is 173 Å². The van der Waals surface area contributed by atoms with Gasteiger partial charge in [0.25, 0.3) is 0 Å². The Morgan fingerprint density at radius 2 is 1.48 bits per heavy atom. The van der Waals surface area contributed by atoms with Crippen LogP contribution in [-0.2, 0) is 9.72 Å². The number of carbonyl (C=O) groups is 1. The van der Waals surface area contributed by atoms with Gasteiger partial charge in [0.05, 0.1) is 5.16 Å². The summed E-state index contributed by atoms with van der Waals surface area (Å²) in [6.45, 7) is 9.63. The molecule has 0 unspecified atom stereocenters. The van der Waals surface area contributed by atoms with Gasteiger partial charge < -0.3 is 4.57 Å². The molecule has 0 aliphatic rings. The van der Waals surface area contributed by atoms with Crippen molar-refractivity contribution in [3.8, 4) is 0 Å². The quantitative estimate of drug-likeness (QED) is 0.218. The van der Waals surface area contributed by atoms with Crippen LogP contribution in [0.3, 0.4) is 0 Å². The second-order valence-electron chi connectivity index (χ2n) is 7.63. The van der Waals surface area contributed by atoms with Crippen molar-refractivity contribution in [3.05, 3.63) is 109 Å². The molecule has 2 nitrogen and oxygen atoms in total. The van der Waals surface area contributed by atoms with Gasteiger partial charge >= 0.3 is 0 Å². The molecule has 0 N–H and O–H groups in total. The molecule has 0 heterocycles.